The van der Waals surface area contributed by atoms with Crippen LogP contribution in [0.2, 0.25) is 0 Å². The topological polar surface area (TPSA) is 24.9 Å². The third kappa shape index (κ3) is 4.07. The zero-order valence-electron chi connectivity index (χ0n) is 13.7. The minimum atomic E-state index is 0.749. The van der Waals surface area contributed by atoms with Gasteiger partial charge in [-0.15, -0.1) is 11.3 Å². The highest BCUT2D eigenvalue weighted by Gasteiger charge is 2.26. The maximum atomic E-state index is 5.07. The Bertz CT molecular complexity index is 450. The number of aryl methyl sites for hydroxylation is 1. The van der Waals surface area contributed by atoms with E-state index >= 15 is 0 Å². The first-order chi connectivity index (χ1) is 10.3. The van der Waals surface area contributed by atoms with Gasteiger partial charge in [-0.1, -0.05) is 39.5 Å². The van der Waals surface area contributed by atoms with Crippen LogP contribution < -0.4 is 5.32 Å². The van der Waals surface area contributed by atoms with Gasteiger partial charge in [0, 0.05) is 23.4 Å². The highest BCUT2D eigenvalue weighted by Crippen LogP contribution is 2.40. The Kier molecular flexibility index (Phi) is 5.33. The van der Waals surface area contributed by atoms with Crippen molar-refractivity contribution >= 4 is 11.3 Å². The minimum Gasteiger partial charge on any atom is -0.309 e. The molecule has 2 aliphatic carbocycles. The van der Waals surface area contributed by atoms with Crippen molar-refractivity contribution in [3.05, 3.63) is 15.6 Å². The summed E-state index contributed by atoms with van der Waals surface area (Å²) in [4.78, 5) is 6.59. The quantitative estimate of drug-likeness (QED) is 0.764. The molecular formula is C18H30N2S. The zero-order chi connectivity index (χ0) is 14.7. The highest BCUT2D eigenvalue weighted by atomic mass is 32.1. The maximum absolute atomic E-state index is 5.07. The van der Waals surface area contributed by atoms with Gasteiger partial charge in [0.15, 0.2) is 0 Å². The molecule has 1 aromatic rings. The molecular weight excluding hydrogens is 276 g/mol. The summed E-state index contributed by atoms with van der Waals surface area (Å²) in [6, 6.07) is 0.796. The molecule has 1 N–H and O–H groups in total. The normalized spacial score (nSPS) is 26.2. The Balaban J connectivity index is 1.69. The smallest absolute Gasteiger partial charge is 0.0962 e. The summed E-state index contributed by atoms with van der Waals surface area (Å²) >= 11 is 2.01. The van der Waals surface area contributed by atoms with Gasteiger partial charge < -0.3 is 5.32 Å². The monoisotopic (exact) mass is 306 g/mol. The van der Waals surface area contributed by atoms with Crippen LogP contribution >= 0.6 is 11.3 Å². The molecule has 2 atom stereocenters. The van der Waals surface area contributed by atoms with Gasteiger partial charge in [0.05, 0.1) is 10.7 Å². The summed E-state index contributed by atoms with van der Waals surface area (Å²) in [5, 5.41) is 5.13. The van der Waals surface area contributed by atoms with Crippen LogP contribution in [-0.2, 0) is 13.0 Å². The minimum absolute atomic E-state index is 0.749. The molecule has 21 heavy (non-hydrogen) atoms. The lowest BCUT2D eigenvalue weighted by Crippen LogP contribution is -2.15. The van der Waals surface area contributed by atoms with Crippen LogP contribution in [0.4, 0.5) is 0 Å². The van der Waals surface area contributed by atoms with E-state index in [0.29, 0.717) is 0 Å². The van der Waals surface area contributed by atoms with Crippen LogP contribution in [0.5, 0.6) is 0 Å². The molecule has 3 heteroatoms. The van der Waals surface area contributed by atoms with E-state index in [-0.39, 0.29) is 0 Å². The molecule has 0 saturated heterocycles. The van der Waals surface area contributed by atoms with Crippen LogP contribution in [0.1, 0.15) is 86.7 Å². The Morgan fingerprint density at radius 3 is 2.76 bits per heavy atom. The summed E-state index contributed by atoms with van der Waals surface area (Å²) in [6.45, 7) is 5.68. The van der Waals surface area contributed by atoms with Crippen molar-refractivity contribution in [3.63, 3.8) is 0 Å². The predicted octanol–water partition coefficient (Wildman–Crippen LogP) is 5.03. The molecule has 118 valence electrons. The fraction of sp³-hybridized carbons (Fsp3) is 0.833. The summed E-state index contributed by atoms with van der Waals surface area (Å²) in [5.74, 6) is 1.69. The van der Waals surface area contributed by atoms with Crippen LogP contribution in [0, 0.1) is 5.92 Å². The number of nitrogens with zero attached hydrogens (tertiary/aromatic N) is 1. The average Bonchev–Trinajstić information content (AvgIpc) is 3.26. The molecule has 2 unspecified atom stereocenters. The van der Waals surface area contributed by atoms with Crippen molar-refractivity contribution in [2.45, 2.75) is 90.1 Å². The third-order valence-corrected chi connectivity index (χ3v) is 6.38. The van der Waals surface area contributed by atoms with Gasteiger partial charge in [0.1, 0.15) is 0 Å². The number of aromatic nitrogens is 1. The van der Waals surface area contributed by atoms with Crippen LogP contribution in [0.3, 0.4) is 0 Å². The Morgan fingerprint density at radius 1 is 1.19 bits per heavy atom. The van der Waals surface area contributed by atoms with Gasteiger partial charge in [-0.3, -0.25) is 0 Å². The van der Waals surface area contributed by atoms with Crippen molar-refractivity contribution in [1.29, 1.82) is 0 Å². The van der Waals surface area contributed by atoms with Gasteiger partial charge in [-0.25, -0.2) is 4.98 Å². The van der Waals surface area contributed by atoms with E-state index in [1.165, 1.54) is 66.9 Å². The zero-order valence-corrected chi connectivity index (χ0v) is 14.5. The summed E-state index contributed by atoms with van der Waals surface area (Å²) < 4.78 is 0. The lowest BCUT2D eigenvalue weighted by Gasteiger charge is -2.26. The van der Waals surface area contributed by atoms with E-state index < -0.39 is 0 Å². The second kappa shape index (κ2) is 7.23. The second-order valence-electron chi connectivity index (χ2n) is 6.96. The Hall–Kier alpha value is -0.410. The average molecular weight is 307 g/mol. The van der Waals surface area contributed by atoms with E-state index in [9.17, 15) is 0 Å². The van der Waals surface area contributed by atoms with Gasteiger partial charge in [0.25, 0.3) is 0 Å². The van der Waals surface area contributed by atoms with E-state index in [0.717, 1.165) is 30.8 Å². The third-order valence-electron chi connectivity index (χ3n) is 5.12. The van der Waals surface area contributed by atoms with Crippen molar-refractivity contribution in [2.24, 2.45) is 5.92 Å². The largest absolute Gasteiger partial charge is 0.309 e. The first kappa shape index (κ1) is 15.5. The standard InChI is InChI=1S/C18H30N2S/c1-3-6-16-17(12-19-15-9-10-15)21-18(20-16)14-8-5-7-13(4-2)11-14/h13-15,19H,3-12H2,1-2H3. The van der Waals surface area contributed by atoms with Gasteiger partial charge in [-0.05, 0) is 38.0 Å². The number of hydrogen-bond acceptors (Lipinski definition) is 3. The summed E-state index contributed by atoms with van der Waals surface area (Å²) in [6.07, 6.45) is 12.0. The van der Waals surface area contributed by atoms with Crippen molar-refractivity contribution in [2.75, 3.05) is 0 Å². The van der Waals surface area contributed by atoms with Gasteiger partial charge in [-0.2, -0.15) is 0 Å². The van der Waals surface area contributed by atoms with Gasteiger partial charge >= 0.3 is 0 Å². The molecule has 2 nitrogen and oxygen atoms in total. The second-order valence-corrected chi connectivity index (χ2v) is 8.08. The molecule has 1 aromatic heterocycles. The highest BCUT2D eigenvalue weighted by molar-refractivity contribution is 7.11. The van der Waals surface area contributed by atoms with Crippen LogP contribution in [0.25, 0.3) is 0 Å². The molecule has 3 rings (SSSR count). The van der Waals surface area contributed by atoms with Crippen LogP contribution in [-0.4, -0.2) is 11.0 Å². The first-order valence-corrected chi connectivity index (χ1v) is 9.83. The van der Waals surface area contributed by atoms with E-state index in [4.69, 9.17) is 4.98 Å². The van der Waals surface area contributed by atoms with Crippen molar-refractivity contribution in [1.82, 2.24) is 10.3 Å². The lowest BCUT2D eigenvalue weighted by molar-refractivity contribution is 0.314. The van der Waals surface area contributed by atoms with Crippen LogP contribution in [0.15, 0.2) is 0 Å². The fourth-order valence-electron chi connectivity index (χ4n) is 3.56. The molecule has 2 aliphatic rings. The molecule has 2 fully saturated rings. The molecule has 0 bridgehead atoms. The molecule has 0 aliphatic heterocycles. The lowest BCUT2D eigenvalue weighted by atomic mass is 9.80. The van der Waals surface area contributed by atoms with E-state index in [1.54, 1.807) is 0 Å². The first-order valence-electron chi connectivity index (χ1n) is 9.02. The Morgan fingerprint density at radius 2 is 2.05 bits per heavy atom. The summed E-state index contributed by atoms with van der Waals surface area (Å²) in [5.41, 5.74) is 1.39. The molecule has 1 heterocycles. The number of nitrogens with one attached hydrogen (secondary N) is 1. The van der Waals surface area contributed by atoms with E-state index in [1.807, 2.05) is 11.3 Å². The van der Waals surface area contributed by atoms with Crippen molar-refractivity contribution < 1.29 is 0 Å². The molecule has 0 spiro atoms. The SMILES string of the molecule is CCCc1nc(C2CCCC(CC)C2)sc1CNC1CC1. The molecule has 2 saturated carbocycles. The van der Waals surface area contributed by atoms with Gasteiger partial charge in [0.2, 0.25) is 0 Å². The number of thiazole rings is 1. The maximum Gasteiger partial charge on any atom is 0.0962 e. The van der Waals surface area contributed by atoms with E-state index in [2.05, 4.69) is 19.2 Å². The fourth-order valence-corrected chi connectivity index (χ4v) is 4.77. The molecule has 0 aromatic carbocycles. The van der Waals surface area contributed by atoms with Crippen molar-refractivity contribution in [3.8, 4) is 0 Å². The predicted molar refractivity (Wildman–Crippen MR) is 91.0 cm³/mol. The number of rotatable bonds is 7. The molecule has 0 amide bonds. The summed E-state index contributed by atoms with van der Waals surface area (Å²) in [7, 11) is 0. The molecule has 0 radical (unpaired) electrons. The Labute approximate surface area is 133 Å². The number of hydrogen-bond donors (Lipinski definition) is 1.